The number of nitrogens with zero attached hydrogens (tertiary/aromatic N) is 1. The smallest absolute Gasteiger partial charge is 0.313 e. The lowest BCUT2D eigenvalue weighted by molar-refractivity contribution is 1.03. The summed E-state index contributed by atoms with van der Waals surface area (Å²) < 4.78 is 0. The summed E-state index contributed by atoms with van der Waals surface area (Å²) in [4.78, 5) is 45.6. The van der Waals surface area contributed by atoms with E-state index in [1.54, 1.807) is 6.08 Å². The van der Waals surface area contributed by atoms with E-state index in [0.29, 0.717) is 0 Å². The molecule has 0 unspecified atom stereocenters. The van der Waals surface area contributed by atoms with Gasteiger partial charge in [0, 0.05) is 0 Å². The van der Waals surface area contributed by atoms with E-state index in [1.807, 2.05) is 36.2 Å². The lowest BCUT2D eigenvalue weighted by Gasteiger charge is -1.98. The van der Waals surface area contributed by atoms with Crippen LogP contribution < -0.4 is 16.8 Å². The van der Waals surface area contributed by atoms with E-state index in [0.717, 1.165) is 11.1 Å². The second-order valence-electron chi connectivity index (χ2n) is 4.83. The van der Waals surface area contributed by atoms with Crippen molar-refractivity contribution in [2.45, 2.75) is 6.92 Å². The van der Waals surface area contributed by atoms with Crippen LogP contribution in [0.5, 0.6) is 0 Å². The molecule has 0 fully saturated rings. The first kappa shape index (κ1) is 13.7. The third-order valence-electron chi connectivity index (χ3n) is 3.14. The highest BCUT2D eigenvalue weighted by Gasteiger charge is 2.06. The van der Waals surface area contributed by atoms with Crippen molar-refractivity contribution in [2.24, 2.45) is 0 Å². The molecule has 2 heterocycles. The van der Waals surface area contributed by atoms with Crippen molar-refractivity contribution >= 4 is 23.3 Å². The molecule has 0 atom stereocenters. The Morgan fingerprint density at radius 1 is 0.909 bits per heavy atom. The number of nitrogens with one attached hydrogen (secondary N) is 3. The minimum Gasteiger partial charge on any atom is -0.313 e. The topological polar surface area (TPSA) is 111 Å². The van der Waals surface area contributed by atoms with Gasteiger partial charge in [-0.05, 0) is 18.6 Å². The van der Waals surface area contributed by atoms with Crippen LogP contribution in [0.2, 0.25) is 0 Å². The first-order chi connectivity index (χ1) is 10.5. The molecule has 0 aliphatic heterocycles. The van der Waals surface area contributed by atoms with E-state index in [4.69, 9.17) is 0 Å². The number of aryl methyl sites for hydroxylation is 1. The molecular formula is C15H12N4O3. The summed E-state index contributed by atoms with van der Waals surface area (Å²) in [6, 6.07) is 7.73. The molecule has 0 saturated carbocycles. The average molecular weight is 296 g/mol. The summed E-state index contributed by atoms with van der Waals surface area (Å²) in [5.74, 6) is 0. The van der Waals surface area contributed by atoms with Crippen LogP contribution in [0.3, 0.4) is 0 Å². The molecule has 0 spiro atoms. The molecule has 110 valence electrons. The van der Waals surface area contributed by atoms with Gasteiger partial charge in [0.15, 0.2) is 11.2 Å². The van der Waals surface area contributed by atoms with E-state index in [-0.39, 0.29) is 16.9 Å². The number of benzene rings is 1. The number of aromatic nitrogens is 4. The second kappa shape index (κ2) is 5.28. The Hall–Kier alpha value is -3.22. The van der Waals surface area contributed by atoms with Gasteiger partial charge in [-0.15, -0.1) is 0 Å². The third kappa shape index (κ3) is 2.64. The number of hydrogen-bond donors (Lipinski definition) is 3. The van der Waals surface area contributed by atoms with Gasteiger partial charge in [0.05, 0.1) is 0 Å². The van der Waals surface area contributed by atoms with Crippen molar-refractivity contribution in [3.63, 3.8) is 0 Å². The molecule has 3 aromatic rings. The van der Waals surface area contributed by atoms with Crippen molar-refractivity contribution in [1.82, 2.24) is 19.9 Å². The molecule has 7 nitrogen and oxygen atoms in total. The van der Waals surface area contributed by atoms with E-state index < -0.39 is 16.8 Å². The maximum Gasteiger partial charge on any atom is 0.327 e. The lowest BCUT2D eigenvalue weighted by Crippen LogP contribution is -2.26. The number of aromatic amines is 3. The highest BCUT2D eigenvalue weighted by atomic mass is 16.2. The predicted molar refractivity (Wildman–Crippen MR) is 83.7 cm³/mol. The standard InChI is InChI=1S/C15H12N4O3/c1-8-2-4-9(5-3-8)6-7-10-13(20)17-11-12(16-10)18-15(22)19-14(11)21/h2-7H,1H3,(H,17,20)(H2,16,18,19,21,22)/b7-6+. The van der Waals surface area contributed by atoms with Gasteiger partial charge in [-0.3, -0.25) is 19.6 Å². The van der Waals surface area contributed by atoms with Crippen molar-refractivity contribution < 1.29 is 0 Å². The number of hydrogen-bond acceptors (Lipinski definition) is 4. The van der Waals surface area contributed by atoms with Gasteiger partial charge in [0.2, 0.25) is 0 Å². The largest absolute Gasteiger partial charge is 0.327 e. The molecule has 7 heteroatoms. The quantitative estimate of drug-likeness (QED) is 0.648. The second-order valence-corrected chi connectivity index (χ2v) is 4.83. The Morgan fingerprint density at radius 3 is 2.36 bits per heavy atom. The Bertz CT molecular complexity index is 1040. The van der Waals surface area contributed by atoms with Crippen LogP contribution >= 0.6 is 0 Å². The Morgan fingerprint density at radius 2 is 1.64 bits per heavy atom. The first-order valence-corrected chi connectivity index (χ1v) is 6.54. The van der Waals surface area contributed by atoms with Gasteiger partial charge in [-0.2, -0.15) is 0 Å². The molecule has 22 heavy (non-hydrogen) atoms. The molecule has 0 saturated heterocycles. The summed E-state index contributed by atoms with van der Waals surface area (Å²) in [6.07, 6.45) is 3.26. The van der Waals surface area contributed by atoms with Crippen LogP contribution in [0.1, 0.15) is 16.8 Å². The SMILES string of the molecule is Cc1ccc(/C=C/c2nc3[nH]c(=O)[nH]c(=O)c3[nH]c2=O)cc1. The fraction of sp³-hybridized carbons (Fsp3) is 0.0667. The monoisotopic (exact) mass is 296 g/mol. The number of fused-ring (bicyclic) bond motifs is 1. The number of H-pyrrole nitrogens is 3. The van der Waals surface area contributed by atoms with Crippen LogP contribution in [0.15, 0.2) is 38.6 Å². The molecule has 0 bridgehead atoms. The van der Waals surface area contributed by atoms with Crippen molar-refractivity contribution in [2.75, 3.05) is 0 Å². The minimum atomic E-state index is -0.683. The van der Waals surface area contributed by atoms with Crippen LogP contribution in [0, 0.1) is 6.92 Å². The minimum absolute atomic E-state index is 0.0388. The lowest BCUT2D eigenvalue weighted by atomic mass is 10.1. The Balaban J connectivity index is 2.09. The van der Waals surface area contributed by atoms with E-state index in [2.05, 4.69) is 15.0 Å². The van der Waals surface area contributed by atoms with Gasteiger partial charge in [0.25, 0.3) is 11.1 Å². The third-order valence-corrected chi connectivity index (χ3v) is 3.14. The van der Waals surface area contributed by atoms with E-state index >= 15 is 0 Å². The van der Waals surface area contributed by atoms with Gasteiger partial charge >= 0.3 is 5.69 Å². The summed E-state index contributed by atoms with van der Waals surface area (Å²) in [5, 5.41) is 0. The molecule has 3 N–H and O–H groups in total. The first-order valence-electron chi connectivity index (χ1n) is 6.54. The van der Waals surface area contributed by atoms with Gasteiger partial charge < -0.3 is 4.98 Å². The number of rotatable bonds is 2. The van der Waals surface area contributed by atoms with Crippen LogP contribution in [-0.4, -0.2) is 19.9 Å². The van der Waals surface area contributed by atoms with Crippen LogP contribution in [0.4, 0.5) is 0 Å². The Labute approximate surface area is 123 Å². The summed E-state index contributed by atoms with van der Waals surface area (Å²) in [5.41, 5.74) is 0.265. The van der Waals surface area contributed by atoms with Gasteiger partial charge in [-0.25, -0.2) is 9.78 Å². The van der Waals surface area contributed by atoms with Crippen molar-refractivity contribution in [3.8, 4) is 0 Å². The van der Waals surface area contributed by atoms with Gasteiger partial charge in [0.1, 0.15) is 5.69 Å². The summed E-state index contributed by atoms with van der Waals surface area (Å²) >= 11 is 0. The van der Waals surface area contributed by atoms with Crippen molar-refractivity contribution in [1.29, 1.82) is 0 Å². The molecular weight excluding hydrogens is 284 g/mol. The summed E-state index contributed by atoms with van der Waals surface area (Å²) in [6.45, 7) is 1.98. The molecule has 1 aromatic carbocycles. The normalized spacial score (nSPS) is 11.3. The van der Waals surface area contributed by atoms with Crippen LogP contribution in [-0.2, 0) is 0 Å². The van der Waals surface area contributed by atoms with E-state index in [1.165, 1.54) is 6.08 Å². The van der Waals surface area contributed by atoms with E-state index in [9.17, 15) is 14.4 Å². The van der Waals surface area contributed by atoms with Crippen molar-refractivity contribution in [3.05, 3.63) is 72.3 Å². The fourth-order valence-electron chi connectivity index (χ4n) is 1.99. The highest BCUT2D eigenvalue weighted by Crippen LogP contribution is 2.07. The fourth-order valence-corrected chi connectivity index (χ4v) is 1.99. The maximum absolute atomic E-state index is 11.9. The molecule has 0 aliphatic rings. The maximum atomic E-state index is 11.9. The van der Waals surface area contributed by atoms with Gasteiger partial charge in [-0.1, -0.05) is 35.9 Å². The molecule has 0 aliphatic carbocycles. The zero-order chi connectivity index (χ0) is 15.7. The summed E-state index contributed by atoms with van der Waals surface area (Å²) in [7, 11) is 0. The molecule has 3 rings (SSSR count). The molecule has 2 aromatic heterocycles. The van der Waals surface area contributed by atoms with Crippen LogP contribution in [0.25, 0.3) is 23.3 Å². The zero-order valence-corrected chi connectivity index (χ0v) is 11.6. The molecule has 0 amide bonds. The average Bonchev–Trinajstić information content (AvgIpc) is 2.48. The molecule has 0 radical (unpaired) electrons. The highest BCUT2D eigenvalue weighted by molar-refractivity contribution is 5.72. The zero-order valence-electron chi connectivity index (χ0n) is 11.6. The Kier molecular flexibility index (Phi) is 3.30. The predicted octanol–water partition coefficient (Wildman–Crippen LogP) is 0.779.